The first-order chi connectivity index (χ1) is 6.62. The predicted molar refractivity (Wildman–Crippen MR) is 63.8 cm³/mol. The first-order valence-corrected chi connectivity index (χ1v) is 5.43. The number of hydrogen-bond acceptors (Lipinski definition) is 0. The van der Waals surface area contributed by atoms with E-state index >= 15 is 0 Å². The van der Waals surface area contributed by atoms with Crippen molar-refractivity contribution in [2.24, 2.45) is 0 Å². The molecule has 15 heavy (non-hydrogen) atoms. The van der Waals surface area contributed by atoms with Gasteiger partial charge in [0.1, 0.15) is 5.82 Å². The van der Waals surface area contributed by atoms with Crippen molar-refractivity contribution in [3.63, 3.8) is 0 Å². The lowest BCUT2D eigenvalue weighted by molar-refractivity contribution is 0.521. The maximum atomic E-state index is 13.3. The van der Waals surface area contributed by atoms with Crippen LogP contribution in [0, 0.1) is 5.82 Å². The van der Waals surface area contributed by atoms with E-state index in [1.807, 2.05) is 6.07 Å². The number of rotatable bonds is 0. The van der Waals surface area contributed by atoms with Crippen LogP contribution in [0.5, 0.6) is 0 Å². The van der Waals surface area contributed by atoms with Gasteiger partial charge in [-0.3, -0.25) is 0 Å². The van der Waals surface area contributed by atoms with Gasteiger partial charge in [0.2, 0.25) is 0 Å². The van der Waals surface area contributed by atoms with Crippen LogP contribution in [0.1, 0.15) is 52.7 Å². The third-order valence-corrected chi connectivity index (χ3v) is 2.60. The Kier molecular flexibility index (Phi) is 2.95. The molecule has 0 saturated heterocycles. The average molecular weight is 208 g/mol. The average Bonchev–Trinajstić information content (AvgIpc) is 2.00. The molecule has 0 aliphatic carbocycles. The second-order valence-electron chi connectivity index (χ2n) is 6.19. The molecule has 1 aromatic carbocycles. The smallest absolute Gasteiger partial charge is 0.123 e. The lowest BCUT2D eigenvalue weighted by atomic mass is 9.75. The van der Waals surface area contributed by atoms with E-state index in [4.69, 9.17) is 0 Å². The summed E-state index contributed by atoms with van der Waals surface area (Å²) in [4.78, 5) is 0. The maximum absolute atomic E-state index is 13.3. The normalized spacial score (nSPS) is 13.0. The molecule has 1 rings (SSSR count). The lowest BCUT2D eigenvalue weighted by Crippen LogP contribution is -2.22. The van der Waals surface area contributed by atoms with Crippen molar-refractivity contribution in [2.45, 2.75) is 52.4 Å². The topological polar surface area (TPSA) is 0 Å². The van der Waals surface area contributed by atoms with E-state index in [1.54, 1.807) is 12.1 Å². The fourth-order valence-corrected chi connectivity index (χ4v) is 1.79. The van der Waals surface area contributed by atoms with Crippen LogP contribution in [-0.2, 0) is 10.8 Å². The SMILES string of the molecule is CC(C)(C)c1ccc(F)cc1C(C)(C)C. The highest BCUT2D eigenvalue weighted by molar-refractivity contribution is 5.37. The first-order valence-electron chi connectivity index (χ1n) is 5.43. The summed E-state index contributed by atoms with van der Waals surface area (Å²) in [6.45, 7) is 12.9. The summed E-state index contributed by atoms with van der Waals surface area (Å²) >= 11 is 0. The number of benzene rings is 1. The highest BCUT2D eigenvalue weighted by Crippen LogP contribution is 2.34. The Hall–Kier alpha value is -0.850. The van der Waals surface area contributed by atoms with Crippen molar-refractivity contribution in [3.8, 4) is 0 Å². The van der Waals surface area contributed by atoms with Gasteiger partial charge in [-0.1, -0.05) is 47.6 Å². The standard InChI is InChI=1S/C14H21F/c1-13(2,3)11-8-7-10(15)9-12(11)14(4,5)6/h7-9H,1-6H3. The van der Waals surface area contributed by atoms with Crippen molar-refractivity contribution < 1.29 is 4.39 Å². The van der Waals surface area contributed by atoms with Gasteiger partial charge in [-0.25, -0.2) is 4.39 Å². The highest BCUT2D eigenvalue weighted by atomic mass is 19.1. The van der Waals surface area contributed by atoms with E-state index < -0.39 is 0 Å². The minimum atomic E-state index is -0.145. The van der Waals surface area contributed by atoms with Crippen LogP contribution in [0.3, 0.4) is 0 Å². The van der Waals surface area contributed by atoms with Gasteiger partial charge < -0.3 is 0 Å². The Balaban J connectivity index is 3.41. The second-order valence-corrected chi connectivity index (χ2v) is 6.19. The summed E-state index contributed by atoms with van der Waals surface area (Å²) < 4.78 is 13.3. The van der Waals surface area contributed by atoms with E-state index in [1.165, 1.54) is 5.56 Å². The van der Waals surface area contributed by atoms with Gasteiger partial charge in [0, 0.05) is 0 Å². The molecule has 0 bridgehead atoms. The van der Waals surface area contributed by atoms with E-state index in [2.05, 4.69) is 41.5 Å². The third-order valence-electron chi connectivity index (χ3n) is 2.60. The fraction of sp³-hybridized carbons (Fsp3) is 0.571. The second kappa shape index (κ2) is 3.62. The van der Waals surface area contributed by atoms with E-state index in [0.717, 1.165) is 5.56 Å². The molecule has 0 N–H and O–H groups in total. The van der Waals surface area contributed by atoms with E-state index in [0.29, 0.717) is 0 Å². The Bertz CT molecular complexity index is 351. The van der Waals surface area contributed by atoms with Crippen LogP contribution < -0.4 is 0 Å². The summed E-state index contributed by atoms with van der Waals surface area (Å²) in [6, 6.07) is 5.13. The van der Waals surface area contributed by atoms with Crippen LogP contribution in [0.2, 0.25) is 0 Å². The summed E-state index contributed by atoms with van der Waals surface area (Å²) in [5, 5.41) is 0. The fourth-order valence-electron chi connectivity index (χ4n) is 1.79. The molecule has 0 amide bonds. The van der Waals surface area contributed by atoms with Gasteiger partial charge in [-0.15, -0.1) is 0 Å². The van der Waals surface area contributed by atoms with E-state index in [-0.39, 0.29) is 16.6 Å². The molecule has 1 heteroatoms. The van der Waals surface area contributed by atoms with Crippen molar-refractivity contribution in [1.82, 2.24) is 0 Å². The van der Waals surface area contributed by atoms with Gasteiger partial charge in [0.25, 0.3) is 0 Å². The minimum absolute atomic E-state index is 0.00921. The van der Waals surface area contributed by atoms with Crippen molar-refractivity contribution in [1.29, 1.82) is 0 Å². The molecule has 0 spiro atoms. The van der Waals surface area contributed by atoms with Crippen LogP contribution in [0.4, 0.5) is 4.39 Å². The van der Waals surface area contributed by atoms with Crippen molar-refractivity contribution >= 4 is 0 Å². The molecule has 0 aromatic heterocycles. The highest BCUT2D eigenvalue weighted by Gasteiger charge is 2.25. The third kappa shape index (κ3) is 2.80. The zero-order valence-corrected chi connectivity index (χ0v) is 10.6. The Labute approximate surface area is 92.5 Å². The van der Waals surface area contributed by atoms with Crippen LogP contribution in [0.15, 0.2) is 18.2 Å². The van der Waals surface area contributed by atoms with Crippen molar-refractivity contribution in [3.05, 3.63) is 35.1 Å². The summed E-state index contributed by atoms with van der Waals surface area (Å²) in [6.07, 6.45) is 0. The minimum Gasteiger partial charge on any atom is -0.207 e. The van der Waals surface area contributed by atoms with Crippen LogP contribution in [0.25, 0.3) is 0 Å². The molecule has 84 valence electrons. The quantitative estimate of drug-likeness (QED) is 0.592. The van der Waals surface area contributed by atoms with Crippen LogP contribution >= 0.6 is 0 Å². The molecule has 0 unspecified atom stereocenters. The van der Waals surface area contributed by atoms with E-state index in [9.17, 15) is 4.39 Å². The Morgan fingerprint density at radius 1 is 0.800 bits per heavy atom. The number of hydrogen-bond donors (Lipinski definition) is 0. The van der Waals surface area contributed by atoms with Gasteiger partial charge in [0.05, 0.1) is 0 Å². The zero-order valence-electron chi connectivity index (χ0n) is 10.6. The molecular formula is C14H21F. The molecule has 0 fully saturated rings. The monoisotopic (exact) mass is 208 g/mol. The summed E-state index contributed by atoms with van der Waals surface area (Å²) in [5.74, 6) is -0.145. The molecule has 0 aliphatic heterocycles. The van der Waals surface area contributed by atoms with Crippen LogP contribution in [-0.4, -0.2) is 0 Å². The first kappa shape index (κ1) is 12.2. The zero-order chi connectivity index (χ0) is 11.9. The molecule has 0 atom stereocenters. The Morgan fingerprint density at radius 3 is 1.67 bits per heavy atom. The molecule has 0 radical (unpaired) electrons. The molecule has 0 heterocycles. The van der Waals surface area contributed by atoms with Gasteiger partial charge in [-0.05, 0) is 34.1 Å². The maximum Gasteiger partial charge on any atom is 0.123 e. The summed E-state index contributed by atoms with van der Waals surface area (Å²) in [5.41, 5.74) is 2.40. The predicted octanol–water partition coefficient (Wildman–Crippen LogP) is 4.42. The number of halogens is 1. The van der Waals surface area contributed by atoms with Gasteiger partial charge in [0.15, 0.2) is 0 Å². The van der Waals surface area contributed by atoms with Crippen molar-refractivity contribution in [2.75, 3.05) is 0 Å². The largest absolute Gasteiger partial charge is 0.207 e. The van der Waals surface area contributed by atoms with Gasteiger partial charge >= 0.3 is 0 Å². The summed E-state index contributed by atoms with van der Waals surface area (Å²) in [7, 11) is 0. The lowest BCUT2D eigenvalue weighted by Gasteiger charge is -2.30. The molecule has 0 nitrogen and oxygen atoms in total. The molecule has 1 aromatic rings. The van der Waals surface area contributed by atoms with Gasteiger partial charge in [-0.2, -0.15) is 0 Å². The Morgan fingerprint density at radius 2 is 1.27 bits per heavy atom. The molecular weight excluding hydrogens is 187 g/mol. The molecule has 0 aliphatic rings. The molecule has 0 saturated carbocycles.